The molecular weight excluding hydrogens is 267 g/mol. The van der Waals surface area contributed by atoms with Crippen LogP contribution < -0.4 is 4.74 Å². The van der Waals surface area contributed by atoms with E-state index in [4.69, 9.17) is 13.8 Å². The molecule has 0 atom stereocenters. The van der Waals surface area contributed by atoms with Crippen LogP contribution in [0.1, 0.15) is 31.1 Å². The van der Waals surface area contributed by atoms with Gasteiger partial charge in [0.2, 0.25) is 0 Å². The van der Waals surface area contributed by atoms with Crippen LogP contribution in [0.25, 0.3) is 0 Å². The monoisotopic (exact) mass is 286 g/mol. The van der Waals surface area contributed by atoms with Gasteiger partial charge in [-0.2, -0.15) is 0 Å². The standard InChI is InChI=1S/C13H19O5P/c1-4-17-19(15,18-5-2)10-16-13-8-6-12(7-9-13)11(3)14/h6-9H,4-5,10H2,1-3H3. The first-order valence-electron chi connectivity index (χ1n) is 6.12. The average molecular weight is 286 g/mol. The van der Waals surface area contributed by atoms with Crippen molar-refractivity contribution < 1.29 is 23.1 Å². The van der Waals surface area contributed by atoms with Gasteiger partial charge in [-0.05, 0) is 45.0 Å². The second-order valence-electron chi connectivity index (χ2n) is 3.80. The van der Waals surface area contributed by atoms with Crippen LogP contribution in [0.15, 0.2) is 24.3 Å². The Hall–Kier alpha value is -1.16. The molecule has 0 bridgehead atoms. The first-order chi connectivity index (χ1) is 9.00. The summed E-state index contributed by atoms with van der Waals surface area (Å²) < 4.78 is 27.7. The van der Waals surface area contributed by atoms with Crippen molar-refractivity contribution in [3.8, 4) is 5.75 Å². The maximum atomic E-state index is 12.1. The predicted octanol–water partition coefficient (Wildman–Crippen LogP) is 3.49. The molecule has 19 heavy (non-hydrogen) atoms. The number of rotatable bonds is 8. The Labute approximate surface area is 113 Å². The summed E-state index contributed by atoms with van der Waals surface area (Å²) >= 11 is 0. The summed E-state index contributed by atoms with van der Waals surface area (Å²) in [6.07, 6.45) is -0.145. The molecule has 0 radical (unpaired) electrons. The summed E-state index contributed by atoms with van der Waals surface area (Å²) in [5.74, 6) is 0.505. The summed E-state index contributed by atoms with van der Waals surface area (Å²) in [5.41, 5.74) is 0.602. The fourth-order valence-corrected chi connectivity index (χ4v) is 2.76. The van der Waals surface area contributed by atoms with Gasteiger partial charge in [-0.25, -0.2) is 0 Å². The van der Waals surface area contributed by atoms with Crippen molar-refractivity contribution in [1.82, 2.24) is 0 Å². The molecular formula is C13H19O5P. The molecule has 1 rings (SSSR count). The molecule has 0 aliphatic carbocycles. The van der Waals surface area contributed by atoms with Crippen LogP contribution in [0.3, 0.4) is 0 Å². The molecule has 0 heterocycles. The highest BCUT2D eigenvalue weighted by molar-refractivity contribution is 7.53. The van der Waals surface area contributed by atoms with E-state index in [0.717, 1.165) is 0 Å². The molecule has 6 heteroatoms. The number of carbonyl (C=O) groups excluding carboxylic acids is 1. The van der Waals surface area contributed by atoms with E-state index in [0.29, 0.717) is 24.5 Å². The van der Waals surface area contributed by atoms with Crippen molar-refractivity contribution in [2.75, 3.05) is 19.6 Å². The SMILES string of the molecule is CCOP(=O)(COc1ccc(C(C)=O)cc1)OCC. The van der Waals surface area contributed by atoms with E-state index in [-0.39, 0.29) is 12.1 Å². The van der Waals surface area contributed by atoms with Gasteiger partial charge in [-0.15, -0.1) is 0 Å². The molecule has 0 aromatic heterocycles. The van der Waals surface area contributed by atoms with Gasteiger partial charge in [0.25, 0.3) is 0 Å². The number of hydrogen-bond acceptors (Lipinski definition) is 5. The molecule has 0 aliphatic heterocycles. The molecule has 0 fully saturated rings. The van der Waals surface area contributed by atoms with E-state index in [1.165, 1.54) is 6.92 Å². The van der Waals surface area contributed by atoms with Crippen molar-refractivity contribution in [2.24, 2.45) is 0 Å². The van der Waals surface area contributed by atoms with Crippen LogP contribution in [-0.4, -0.2) is 25.3 Å². The molecule has 0 saturated carbocycles. The largest absolute Gasteiger partial charge is 0.481 e. The van der Waals surface area contributed by atoms with Crippen LogP contribution in [0.2, 0.25) is 0 Å². The van der Waals surface area contributed by atoms with Gasteiger partial charge in [0.15, 0.2) is 12.1 Å². The van der Waals surface area contributed by atoms with Gasteiger partial charge in [0.05, 0.1) is 13.2 Å². The molecule has 1 aromatic carbocycles. The van der Waals surface area contributed by atoms with Gasteiger partial charge in [-0.1, -0.05) is 0 Å². The van der Waals surface area contributed by atoms with E-state index >= 15 is 0 Å². The zero-order valence-corrected chi connectivity index (χ0v) is 12.3. The molecule has 0 amide bonds. The summed E-state index contributed by atoms with van der Waals surface area (Å²) in [4.78, 5) is 11.1. The number of Topliss-reactive ketones (excluding diaryl/α,β-unsaturated/α-hetero) is 1. The molecule has 0 aliphatic rings. The zero-order chi connectivity index (χ0) is 14.3. The smallest absolute Gasteiger partial charge is 0.367 e. The normalized spacial score (nSPS) is 11.3. The number of ketones is 1. The molecule has 5 nitrogen and oxygen atoms in total. The summed E-state index contributed by atoms with van der Waals surface area (Å²) in [6, 6.07) is 6.62. The molecule has 1 aromatic rings. The van der Waals surface area contributed by atoms with E-state index in [1.54, 1.807) is 38.1 Å². The highest BCUT2D eigenvalue weighted by Crippen LogP contribution is 2.47. The lowest BCUT2D eigenvalue weighted by Gasteiger charge is -2.17. The van der Waals surface area contributed by atoms with Crippen LogP contribution in [0, 0.1) is 0 Å². The summed E-state index contributed by atoms with van der Waals surface area (Å²) in [7, 11) is -3.20. The summed E-state index contributed by atoms with van der Waals surface area (Å²) in [5, 5.41) is 0. The third-order valence-corrected chi connectivity index (χ3v) is 4.05. The lowest BCUT2D eigenvalue weighted by Crippen LogP contribution is -2.05. The maximum absolute atomic E-state index is 12.1. The Morgan fingerprint density at radius 1 is 1.11 bits per heavy atom. The van der Waals surface area contributed by atoms with E-state index in [1.807, 2.05) is 0 Å². The topological polar surface area (TPSA) is 61.8 Å². The first-order valence-corrected chi connectivity index (χ1v) is 7.85. The van der Waals surface area contributed by atoms with Crippen LogP contribution in [0.4, 0.5) is 0 Å². The zero-order valence-electron chi connectivity index (χ0n) is 11.4. The Kier molecular flexibility index (Phi) is 6.22. The quantitative estimate of drug-likeness (QED) is 0.540. The number of carbonyl (C=O) groups is 1. The van der Waals surface area contributed by atoms with Crippen LogP contribution >= 0.6 is 7.60 Å². The number of ether oxygens (including phenoxy) is 1. The maximum Gasteiger partial charge on any atom is 0.367 e. The van der Waals surface area contributed by atoms with E-state index < -0.39 is 7.60 Å². The number of hydrogen-bond donors (Lipinski definition) is 0. The van der Waals surface area contributed by atoms with Gasteiger partial charge in [0, 0.05) is 5.56 Å². The average Bonchev–Trinajstić information content (AvgIpc) is 2.37. The molecule has 0 N–H and O–H groups in total. The van der Waals surface area contributed by atoms with Crippen molar-refractivity contribution in [1.29, 1.82) is 0 Å². The Balaban J connectivity index is 2.64. The van der Waals surface area contributed by atoms with Gasteiger partial charge in [-0.3, -0.25) is 9.36 Å². The van der Waals surface area contributed by atoms with E-state index in [2.05, 4.69) is 0 Å². The van der Waals surface area contributed by atoms with Crippen LogP contribution in [0.5, 0.6) is 5.75 Å². The van der Waals surface area contributed by atoms with Crippen molar-refractivity contribution >= 4 is 13.4 Å². The molecule has 0 unspecified atom stereocenters. The lowest BCUT2D eigenvalue weighted by atomic mass is 10.1. The third kappa shape index (κ3) is 5.15. The second kappa shape index (κ2) is 7.43. The fraction of sp³-hybridized carbons (Fsp3) is 0.462. The van der Waals surface area contributed by atoms with Gasteiger partial charge < -0.3 is 13.8 Å². The highest BCUT2D eigenvalue weighted by atomic mass is 31.2. The lowest BCUT2D eigenvalue weighted by molar-refractivity contribution is 0.101. The minimum Gasteiger partial charge on any atom is -0.481 e. The molecule has 106 valence electrons. The van der Waals surface area contributed by atoms with Gasteiger partial charge >= 0.3 is 7.60 Å². The molecule has 0 spiro atoms. The fourth-order valence-electron chi connectivity index (χ4n) is 1.44. The van der Waals surface area contributed by atoms with E-state index in [9.17, 15) is 9.36 Å². The van der Waals surface area contributed by atoms with Crippen molar-refractivity contribution in [3.05, 3.63) is 29.8 Å². The first kappa shape index (κ1) is 15.9. The van der Waals surface area contributed by atoms with Crippen LogP contribution in [-0.2, 0) is 13.6 Å². The molecule has 0 saturated heterocycles. The predicted molar refractivity (Wildman–Crippen MR) is 72.8 cm³/mol. The number of benzene rings is 1. The minimum atomic E-state index is -3.20. The van der Waals surface area contributed by atoms with Crippen molar-refractivity contribution in [3.63, 3.8) is 0 Å². The Morgan fingerprint density at radius 2 is 1.63 bits per heavy atom. The second-order valence-corrected chi connectivity index (χ2v) is 5.80. The highest BCUT2D eigenvalue weighted by Gasteiger charge is 2.24. The summed E-state index contributed by atoms with van der Waals surface area (Å²) in [6.45, 7) is 5.57. The third-order valence-electron chi connectivity index (χ3n) is 2.30. The van der Waals surface area contributed by atoms with Gasteiger partial charge in [0.1, 0.15) is 5.75 Å². The minimum absolute atomic E-state index is 0.0131. The Morgan fingerprint density at radius 3 is 2.05 bits per heavy atom. The Bertz CT molecular complexity index is 445. The van der Waals surface area contributed by atoms with Crippen molar-refractivity contribution in [2.45, 2.75) is 20.8 Å².